The van der Waals surface area contributed by atoms with Crippen LogP contribution >= 0.6 is 23.4 Å². The number of carbonyl (C=O) groups is 1. The molecule has 0 aliphatic carbocycles. The zero-order chi connectivity index (χ0) is 12.1. The van der Waals surface area contributed by atoms with E-state index in [1.165, 1.54) is 17.9 Å². The molecule has 1 N–H and O–H groups in total. The van der Waals surface area contributed by atoms with Gasteiger partial charge in [0.25, 0.3) is 5.91 Å². The zero-order valence-corrected chi connectivity index (χ0v) is 11.2. The molecular weight excluding hydrogens is 254 g/mol. The third-order valence-electron chi connectivity index (χ3n) is 2.95. The van der Waals surface area contributed by atoms with Crippen LogP contribution in [0.25, 0.3) is 0 Å². The molecule has 0 spiro atoms. The van der Waals surface area contributed by atoms with E-state index in [0.29, 0.717) is 17.4 Å². The third-order valence-corrected chi connectivity index (χ3v) is 4.49. The largest absolute Gasteiger partial charge is 0.352 e. The molecule has 4 heteroatoms. The maximum atomic E-state index is 11.9. The van der Waals surface area contributed by atoms with Crippen molar-refractivity contribution in [1.82, 2.24) is 5.32 Å². The minimum Gasteiger partial charge on any atom is -0.352 e. The van der Waals surface area contributed by atoms with Crippen LogP contribution in [0.3, 0.4) is 0 Å². The summed E-state index contributed by atoms with van der Waals surface area (Å²) in [6.07, 6.45) is 1.22. The van der Waals surface area contributed by atoms with Gasteiger partial charge in [-0.05, 0) is 41.5 Å². The maximum absolute atomic E-state index is 11.9. The second-order valence-electron chi connectivity index (χ2n) is 4.27. The van der Waals surface area contributed by atoms with Crippen LogP contribution in [0, 0.1) is 5.92 Å². The summed E-state index contributed by atoms with van der Waals surface area (Å²) in [6.45, 7) is 0.795. The molecule has 17 heavy (non-hydrogen) atoms. The molecule has 0 saturated carbocycles. The first-order chi connectivity index (χ1) is 8.29. The van der Waals surface area contributed by atoms with Crippen LogP contribution in [0.4, 0.5) is 0 Å². The Hall–Kier alpha value is -0.670. The van der Waals surface area contributed by atoms with E-state index in [0.717, 1.165) is 12.1 Å². The summed E-state index contributed by atoms with van der Waals surface area (Å²) in [5.41, 5.74) is 1.75. The summed E-state index contributed by atoms with van der Waals surface area (Å²) >= 11 is 7.67. The SMILES string of the molecule is O=C(NCC1CCSC1)c1ccc(CCl)cc1. The molecule has 1 heterocycles. The number of benzene rings is 1. The van der Waals surface area contributed by atoms with Crippen molar-refractivity contribution in [2.45, 2.75) is 12.3 Å². The number of hydrogen-bond acceptors (Lipinski definition) is 2. The molecule has 1 atom stereocenters. The number of amides is 1. The summed E-state index contributed by atoms with van der Waals surface area (Å²) in [6, 6.07) is 7.45. The van der Waals surface area contributed by atoms with Gasteiger partial charge in [-0.1, -0.05) is 12.1 Å². The second kappa shape index (κ2) is 6.31. The molecule has 0 radical (unpaired) electrons. The maximum Gasteiger partial charge on any atom is 0.251 e. The third kappa shape index (κ3) is 3.65. The lowest BCUT2D eigenvalue weighted by molar-refractivity contribution is 0.0948. The summed E-state index contributed by atoms with van der Waals surface area (Å²) in [7, 11) is 0. The van der Waals surface area contributed by atoms with Crippen molar-refractivity contribution in [3.63, 3.8) is 0 Å². The van der Waals surface area contributed by atoms with Crippen LogP contribution < -0.4 is 5.32 Å². The van der Waals surface area contributed by atoms with Gasteiger partial charge in [0.2, 0.25) is 0 Å². The van der Waals surface area contributed by atoms with Crippen molar-refractivity contribution in [3.05, 3.63) is 35.4 Å². The molecule has 2 nitrogen and oxygen atoms in total. The Kier molecular flexibility index (Phi) is 4.75. The predicted octanol–water partition coefficient (Wildman–Crippen LogP) is 2.91. The van der Waals surface area contributed by atoms with Crippen LogP contribution in [0.15, 0.2) is 24.3 Å². The lowest BCUT2D eigenvalue weighted by Gasteiger charge is -2.10. The van der Waals surface area contributed by atoms with E-state index in [4.69, 9.17) is 11.6 Å². The molecule has 0 aromatic heterocycles. The Morgan fingerprint density at radius 2 is 2.18 bits per heavy atom. The minimum absolute atomic E-state index is 0.0167. The summed E-state index contributed by atoms with van der Waals surface area (Å²) in [4.78, 5) is 11.9. The highest BCUT2D eigenvalue weighted by Crippen LogP contribution is 2.22. The summed E-state index contributed by atoms with van der Waals surface area (Å²) in [5.74, 6) is 3.55. The van der Waals surface area contributed by atoms with Crippen molar-refractivity contribution < 1.29 is 4.79 Å². The second-order valence-corrected chi connectivity index (χ2v) is 5.69. The standard InChI is InChI=1S/C13H16ClNOS/c14-7-10-1-3-12(4-2-10)13(16)15-8-11-5-6-17-9-11/h1-4,11H,5-9H2,(H,15,16). The number of carbonyl (C=O) groups excluding carboxylic acids is 1. The number of hydrogen-bond donors (Lipinski definition) is 1. The smallest absolute Gasteiger partial charge is 0.251 e. The highest BCUT2D eigenvalue weighted by Gasteiger charge is 2.16. The normalized spacial score (nSPS) is 19.2. The Labute approximate surface area is 111 Å². The number of nitrogens with one attached hydrogen (secondary N) is 1. The van der Waals surface area contributed by atoms with Crippen LogP contribution in [-0.2, 0) is 5.88 Å². The molecule has 1 saturated heterocycles. The van der Waals surface area contributed by atoms with Crippen molar-refractivity contribution in [1.29, 1.82) is 0 Å². The van der Waals surface area contributed by atoms with E-state index in [-0.39, 0.29) is 5.91 Å². The number of rotatable bonds is 4. The van der Waals surface area contributed by atoms with Crippen molar-refractivity contribution in [2.24, 2.45) is 5.92 Å². The van der Waals surface area contributed by atoms with Gasteiger partial charge in [-0.3, -0.25) is 4.79 Å². The molecule has 0 bridgehead atoms. The molecule has 1 aromatic rings. The summed E-state index contributed by atoms with van der Waals surface area (Å²) < 4.78 is 0. The van der Waals surface area contributed by atoms with Crippen LogP contribution in [0.1, 0.15) is 22.3 Å². The topological polar surface area (TPSA) is 29.1 Å². The van der Waals surface area contributed by atoms with E-state index in [1.54, 1.807) is 0 Å². The fourth-order valence-corrected chi connectivity index (χ4v) is 3.29. The Morgan fingerprint density at radius 1 is 1.41 bits per heavy atom. The first kappa shape index (κ1) is 12.8. The number of halogens is 1. The van der Waals surface area contributed by atoms with Gasteiger partial charge in [0.05, 0.1) is 0 Å². The Bertz CT molecular complexity index is 374. The van der Waals surface area contributed by atoms with Crippen LogP contribution in [-0.4, -0.2) is 24.0 Å². The average molecular weight is 270 g/mol. The molecule has 1 aliphatic heterocycles. The van der Waals surface area contributed by atoms with E-state index >= 15 is 0 Å². The predicted molar refractivity (Wildman–Crippen MR) is 73.8 cm³/mol. The molecular formula is C13H16ClNOS. The Morgan fingerprint density at radius 3 is 2.76 bits per heavy atom. The quantitative estimate of drug-likeness (QED) is 0.852. The van der Waals surface area contributed by atoms with Crippen LogP contribution in [0.5, 0.6) is 0 Å². The van der Waals surface area contributed by atoms with Gasteiger partial charge >= 0.3 is 0 Å². The fourth-order valence-electron chi connectivity index (χ4n) is 1.83. The van der Waals surface area contributed by atoms with Crippen LogP contribution in [0.2, 0.25) is 0 Å². The van der Waals surface area contributed by atoms with E-state index in [1.807, 2.05) is 36.0 Å². The van der Waals surface area contributed by atoms with Gasteiger partial charge in [-0.25, -0.2) is 0 Å². The van der Waals surface area contributed by atoms with Crippen molar-refractivity contribution in [2.75, 3.05) is 18.1 Å². The monoisotopic (exact) mass is 269 g/mol. The van der Waals surface area contributed by atoms with Gasteiger partial charge in [0, 0.05) is 18.0 Å². The molecule has 1 aromatic carbocycles. The highest BCUT2D eigenvalue weighted by molar-refractivity contribution is 7.99. The van der Waals surface area contributed by atoms with Gasteiger partial charge < -0.3 is 5.32 Å². The molecule has 1 unspecified atom stereocenters. The zero-order valence-electron chi connectivity index (χ0n) is 9.62. The summed E-state index contributed by atoms with van der Waals surface area (Å²) in [5, 5.41) is 2.99. The fraction of sp³-hybridized carbons (Fsp3) is 0.462. The molecule has 1 fully saturated rings. The Balaban J connectivity index is 1.85. The highest BCUT2D eigenvalue weighted by atomic mass is 35.5. The number of alkyl halides is 1. The first-order valence-electron chi connectivity index (χ1n) is 5.80. The molecule has 92 valence electrons. The molecule has 1 amide bonds. The molecule has 1 aliphatic rings. The van der Waals surface area contributed by atoms with E-state index < -0.39 is 0 Å². The van der Waals surface area contributed by atoms with E-state index in [9.17, 15) is 4.79 Å². The lowest BCUT2D eigenvalue weighted by atomic mass is 10.1. The van der Waals surface area contributed by atoms with E-state index in [2.05, 4.69) is 5.32 Å². The molecule has 2 rings (SSSR count). The van der Waals surface area contributed by atoms with Gasteiger partial charge in [-0.2, -0.15) is 11.8 Å². The van der Waals surface area contributed by atoms with Gasteiger partial charge in [0.1, 0.15) is 0 Å². The average Bonchev–Trinajstić information content (AvgIpc) is 2.89. The van der Waals surface area contributed by atoms with Gasteiger partial charge in [0.15, 0.2) is 0 Å². The number of thioether (sulfide) groups is 1. The van der Waals surface area contributed by atoms with Gasteiger partial charge in [-0.15, -0.1) is 11.6 Å². The minimum atomic E-state index is 0.0167. The van der Waals surface area contributed by atoms with Crippen molar-refractivity contribution in [3.8, 4) is 0 Å². The van der Waals surface area contributed by atoms with Crippen molar-refractivity contribution >= 4 is 29.3 Å². The first-order valence-corrected chi connectivity index (χ1v) is 7.49. The lowest BCUT2D eigenvalue weighted by Crippen LogP contribution is -2.29.